The van der Waals surface area contributed by atoms with E-state index in [0.717, 1.165) is 5.01 Å². The highest BCUT2D eigenvalue weighted by atomic mass is 35.5. The number of rotatable bonds is 3. The van der Waals surface area contributed by atoms with Crippen LogP contribution >= 0.6 is 22.9 Å². The Morgan fingerprint density at radius 2 is 2.05 bits per heavy atom. The second-order valence-corrected chi connectivity index (χ2v) is 5.91. The van der Waals surface area contributed by atoms with Gasteiger partial charge in [0.05, 0.1) is 16.9 Å². The number of amides is 1. The first-order chi connectivity index (χ1) is 9.38. The van der Waals surface area contributed by atoms with Gasteiger partial charge in [0.2, 0.25) is 5.28 Å². The van der Waals surface area contributed by atoms with E-state index in [1.165, 1.54) is 17.5 Å². The number of halogens is 1. The first kappa shape index (κ1) is 14.7. The lowest BCUT2D eigenvalue weighted by Crippen LogP contribution is -2.18. The Balaban J connectivity index is 2.30. The fraction of sp³-hybridized carbons (Fsp3) is 0.333. The number of anilines is 2. The molecule has 106 valence electrons. The van der Waals surface area contributed by atoms with Crippen molar-refractivity contribution < 1.29 is 4.79 Å². The van der Waals surface area contributed by atoms with E-state index in [4.69, 9.17) is 11.6 Å². The predicted octanol–water partition coefficient (Wildman–Crippen LogP) is 2.52. The largest absolute Gasteiger partial charge is 0.361 e. The van der Waals surface area contributed by atoms with Gasteiger partial charge in [-0.1, -0.05) is 0 Å². The number of carbonyl (C=O) groups excluding carboxylic acids is 1. The first-order valence-corrected chi connectivity index (χ1v) is 7.03. The Labute approximate surface area is 125 Å². The van der Waals surface area contributed by atoms with E-state index in [-0.39, 0.29) is 11.2 Å². The summed E-state index contributed by atoms with van der Waals surface area (Å²) in [5, 5.41) is 3.79. The molecular formula is C12H14ClN5OS. The highest BCUT2D eigenvalue weighted by Gasteiger charge is 2.17. The summed E-state index contributed by atoms with van der Waals surface area (Å²) in [5.74, 6) is 0.333. The van der Waals surface area contributed by atoms with E-state index in [2.05, 4.69) is 20.3 Å². The summed E-state index contributed by atoms with van der Waals surface area (Å²) >= 11 is 7.13. The number of nitrogens with zero attached hydrogens (tertiary/aromatic N) is 4. The summed E-state index contributed by atoms with van der Waals surface area (Å²) in [5.41, 5.74) is 1.22. The lowest BCUT2D eigenvalue weighted by Gasteiger charge is -2.16. The van der Waals surface area contributed by atoms with Crippen molar-refractivity contribution in [2.45, 2.75) is 13.8 Å². The summed E-state index contributed by atoms with van der Waals surface area (Å²) in [6.07, 6.45) is 1.49. The molecule has 0 spiro atoms. The molecular weight excluding hydrogens is 298 g/mol. The molecule has 0 radical (unpaired) electrons. The molecule has 1 amide bonds. The molecule has 6 nitrogen and oxygen atoms in total. The Kier molecular flexibility index (Phi) is 4.20. The molecule has 0 saturated heterocycles. The average molecular weight is 312 g/mol. The molecule has 0 aliphatic heterocycles. The summed E-state index contributed by atoms with van der Waals surface area (Å²) in [6.45, 7) is 3.68. The molecule has 0 aromatic carbocycles. The van der Waals surface area contributed by atoms with Crippen molar-refractivity contribution in [2.24, 2.45) is 0 Å². The molecule has 0 atom stereocenters. The molecule has 20 heavy (non-hydrogen) atoms. The van der Waals surface area contributed by atoms with Crippen LogP contribution in [-0.4, -0.2) is 35.0 Å². The Bertz CT molecular complexity index is 655. The van der Waals surface area contributed by atoms with Crippen LogP contribution in [0, 0.1) is 13.8 Å². The number of carbonyl (C=O) groups is 1. The van der Waals surface area contributed by atoms with Crippen molar-refractivity contribution in [3.63, 3.8) is 0 Å². The van der Waals surface area contributed by atoms with Crippen LogP contribution in [0.2, 0.25) is 5.28 Å². The van der Waals surface area contributed by atoms with E-state index in [9.17, 15) is 4.79 Å². The van der Waals surface area contributed by atoms with Gasteiger partial charge in [0.15, 0.2) is 5.82 Å². The maximum absolute atomic E-state index is 12.3. The molecule has 0 saturated carbocycles. The lowest BCUT2D eigenvalue weighted by molar-refractivity contribution is 0.103. The quantitative estimate of drug-likeness (QED) is 0.882. The van der Waals surface area contributed by atoms with Crippen LogP contribution in [0.4, 0.5) is 11.5 Å². The summed E-state index contributed by atoms with van der Waals surface area (Å²) in [7, 11) is 3.63. The second kappa shape index (κ2) is 5.72. The number of hydrogen-bond donors (Lipinski definition) is 1. The van der Waals surface area contributed by atoms with Crippen molar-refractivity contribution in [3.05, 3.63) is 27.1 Å². The summed E-state index contributed by atoms with van der Waals surface area (Å²) in [4.78, 5) is 26.8. The lowest BCUT2D eigenvalue weighted by atomic mass is 10.3. The second-order valence-electron chi connectivity index (χ2n) is 4.37. The maximum atomic E-state index is 12.3. The Hall–Kier alpha value is -1.73. The standard InChI is InChI=1S/C12H14ClN5OS/c1-6-9(20-7(2)15-6)11(19)16-8-5-14-12(13)17-10(8)18(3)4/h5H,1-4H3,(H,16,19). The van der Waals surface area contributed by atoms with E-state index in [1.54, 1.807) is 4.90 Å². The smallest absolute Gasteiger partial charge is 0.267 e. The molecule has 0 aliphatic carbocycles. The monoisotopic (exact) mass is 311 g/mol. The van der Waals surface area contributed by atoms with Gasteiger partial charge in [0, 0.05) is 14.1 Å². The Morgan fingerprint density at radius 3 is 2.60 bits per heavy atom. The van der Waals surface area contributed by atoms with Gasteiger partial charge >= 0.3 is 0 Å². The number of hydrogen-bond acceptors (Lipinski definition) is 6. The van der Waals surface area contributed by atoms with E-state index < -0.39 is 0 Å². The van der Waals surface area contributed by atoms with Gasteiger partial charge in [-0.15, -0.1) is 11.3 Å². The van der Waals surface area contributed by atoms with Crippen LogP contribution < -0.4 is 10.2 Å². The third-order valence-electron chi connectivity index (χ3n) is 2.52. The molecule has 2 rings (SSSR count). The molecule has 0 bridgehead atoms. The topological polar surface area (TPSA) is 71.0 Å². The molecule has 0 aliphatic rings. The van der Waals surface area contributed by atoms with Crippen molar-refractivity contribution in [3.8, 4) is 0 Å². The average Bonchev–Trinajstić information content (AvgIpc) is 2.70. The summed E-state index contributed by atoms with van der Waals surface area (Å²) < 4.78 is 0. The van der Waals surface area contributed by atoms with Gasteiger partial charge in [0.25, 0.3) is 5.91 Å². The third-order valence-corrected chi connectivity index (χ3v) is 3.77. The third kappa shape index (κ3) is 3.05. The zero-order valence-electron chi connectivity index (χ0n) is 11.6. The number of thiazole rings is 1. The van der Waals surface area contributed by atoms with Gasteiger partial charge in [-0.3, -0.25) is 4.79 Å². The van der Waals surface area contributed by atoms with E-state index >= 15 is 0 Å². The molecule has 8 heteroatoms. The highest BCUT2D eigenvalue weighted by Crippen LogP contribution is 2.24. The van der Waals surface area contributed by atoms with E-state index in [0.29, 0.717) is 22.1 Å². The van der Waals surface area contributed by atoms with Crippen LogP contribution in [0.15, 0.2) is 6.20 Å². The maximum Gasteiger partial charge on any atom is 0.267 e. The molecule has 2 heterocycles. The highest BCUT2D eigenvalue weighted by molar-refractivity contribution is 7.13. The number of nitrogens with one attached hydrogen (secondary N) is 1. The molecule has 2 aromatic heterocycles. The minimum Gasteiger partial charge on any atom is -0.361 e. The Morgan fingerprint density at radius 1 is 1.35 bits per heavy atom. The molecule has 2 aromatic rings. The van der Waals surface area contributed by atoms with Crippen LogP contribution in [0.25, 0.3) is 0 Å². The molecule has 0 fully saturated rings. The van der Waals surface area contributed by atoms with Gasteiger partial charge in [-0.05, 0) is 25.4 Å². The predicted molar refractivity (Wildman–Crippen MR) is 80.9 cm³/mol. The van der Waals surface area contributed by atoms with Gasteiger partial charge < -0.3 is 10.2 Å². The zero-order valence-corrected chi connectivity index (χ0v) is 13.1. The van der Waals surface area contributed by atoms with E-state index in [1.807, 2.05) is 27.9 Å². The minimum atomic E-state index is -0.220. The SMILES string of the molecule is Cc1nc(C)c(C(=O)Nc2cnc(Cl)nc2N(C)C)s1. The van der Waals surface area contributed by atoms with Crippen LogP contribution in [0.3, 0.4) is 0 Å². The zero-order chi connectivity index (χ0) is 14.9. The normalized spacial score (nSPS) is 10.4. The number of aromatic nitrogens is 3. The molecule has 0 unspecified atom stereocenters. The fourth-order valence-corrected chi connectivity index (χ4v) is 2.65. The van der Waals surface area contributed by atoms with Crippen LogP contribution in [0.5, 0.6) is 0 Å². The van der Waals surface area contributed by atoms with Crippen molar-refractivity contribution in [1.29, 1.82) is 0 Å². The van der Waals surface area contributed by atoms with Crippen LogP contribution in [-0.2, 0) is 0 Å². The van der Waals surface area contributed by atoms with Gasteiger partial charge in [0.1, 0.15) is 10.6 Å². The summed E-state index contributed by atoms with van der Waals surface area (Å²) in [6, 6.07) is 0. The van der Waals surface area contributed by atoms with Crippen molar-refractivity contribution >= 4 is 40.4 Å². The van der Waals surface area contributed by atoms with Gasteiger partial charge in [-0.25, -0.2) is 9.97 Å². The fourth-order valence-electron chi connectivity index (χ4n) is 1.70. The number of aryl methyl sites for hydroxylation is 2. The van der Waals surface area contributed by atoms with Crippen molar-refractivity contribution in [2.75, 3.05) is 24.3 Å². The first-order valence-electron chi connectivity index (χ1n) is 5.83. The minimum absolute atomic E-state index is 0.136. The van der Waals surface area contributed by atoms with Gasteiger partial charge in [-0.2, -0.15) is 4.98 Å². The van der Waals surface area contributed by atoms with Crippen LogP contribution in [0.1, 0.15) is 20.4 Å². The van der Waals surface area contributed by atoms with Crippen molar-refractivity contribution in [1.82, 2.24) is 15.0 Å². The molecule has 1 N–H and O–H groups in total.